The molecule has 1 atom stereocenters. The Kier molecular flexibility index (Phi) is 8.12. The van der Waals surface area contributed by atoms with Gasteiger partial charge in [-0.05, 0) is 19.4 Å². The number of allylic oxidation sites excluding steroid dienone is 1. The second-order valence-electron chi connectivity index (χ2n) is 4.24. The molecule has 0 bridgehead atoms. The van der Waals surface area contributed by atoms with Crippen LogP contribution in [0.3, 0.4) is 0 Å². The summed E-state index contributed by atoms with van der Waals surface area (Å²) >= 11 is 6.30. The van der Waals surface area contributed by atoms with Crippen molar-refractivity contribution in [2.75, 3.05) is 14.2 Å². The molecule has 0 saturated heterocycles. The Bertz CT molecular complexity index is 461. The molecule has 0 aromatic heterocycles. The molecule has 0 aromatic carbocycles. The Morgan fingerprint density at radius 2 is 1.62 bits per heavy atom. The zero-order valence-electron chi connectivity index (χ0n) is 12.4. The molecular weight excluding hydrogens is 412 g/mol. The Balaban J connectivity index is 5.56. The predicted octanol–water partition coefficient (Wildman–Crippen LogP) is 1.16. The van der Waals surface area contributed by atoms with Gasteiger partial charge in [-0.1, -0.05) is 31.9 Å². The van der Waals surface area contributed by atoms with Gasteiger partial charge in [0.2, 0.25) is 11.6 Å². The molecule has 1 unspecified atom stereocenters. The normalized spacial score (nSPS) is 13.1. The number of nitrogens with one attached hydrogen (secondary N) is 2. The largest absolute Gasteiger partial charge is 0.464 e. The molecule has 21 heavy (non-hydrogen) atoms. The Labute approximate surface area is 140 Å². The van der Waals surface area contributed by atoms with E-state index >= 15 is 0 Å². The van der Waals surface area contributed by atoms with Crippen molar-refractivity contribution in [1.82, 2.24) is 10.6 Å². The van der Waals surface area contributed by atoms with Crippen molar-refractivity contribution in [2.45, 2.75) is 30.2 Å². The van der Waals surface area contributed by atoms with Crippen molar-refractivity contribution in [2.24, 2.45) is 0 Å². The van der Waals surface area contributed by atoms with Crippen molar-refractivity contribution >= 4 is 49.6 Å². The maximum absolute atomic E-state index is 12.5. The highest BCUT2D eigenvalue weighted by Crippen LogP contribution is 2.26. The highest BCUT2D eigenvalue weighted by Gasteiger charge is 2.46. The van der Waals surface area contributed by atoms with Gasteiger partial charge in [-0.25, -0.2) is 4.79 Å². The average Bonchev–Trinajstić information content (AvgIpc) is 2.39. The fraction of sp³-hybridized carbons (Fsp3) is 0.583. The number of carbonyl (C=O) groups is 3. The molecule has 7 nitrogen and oxygen atoms in total. The van der Waals surface area contributed by atoms with Gasteiger partial charge >= 0.3 is 5.97 Å². The van der Waals surface area contributed by atoms with Gasteiger partial charge in [0.25, 0.3) is 5.91 Å². The lowest BCUT2D eigenvalue weighted by Crippen LogP contribution is -2.63. The van der Waals surface area contributed by atoms with Crippen LogP contribution in [0, 0.1) is 0 Å². The molecule has 0 radical (unpaired) electrons. The number of rotatable bonds is 6. The van der Waals surface area contributed by atoms with Crippen LogP contribution in [0.5, 0.6) is 0 Å². The quantitative estimate of drug-likeness (QED) is 0.286. The van der Waals surface area contributed by atoms with Crippen LogP contribution in [-0.2, 0) is 23.9 Å². The zero-order valence-corrected chi connectivity index (χ0v) is 15.5. The summed E-state index contributed by atoms with van der Waals surface area (Å²) in [4.78, 5) is 35.4. The molecule has 2 amide bonds. The van der Waals surface area contributed by atoms with Crippen LogP contribution >= 0.6 is 31.9 Å². The van der Waals surface area contributed by atoms with Gasteiger partial charge in [0.05, 0.1) is 7.11 Å². The van der Waals surface area contributed by atoms with Gasteiger partial charge in [0.1, 0.15) is 9.43 Å². The Morgan fingerprint density at radius 3 is 1.90 bits per heavy atom. The first-order chi connectivity index (χ1) is 9.62. The molecule has 0 rings (SSSR count). The highest BCUT2D eigenvalue weighted by atomic mass is 79.9. The summed E-state index contributed by atoms with van der Waals surface area (Å²) in [5, 5.41) is 4.81. The lowest BCUT2D eigenvalue weighted by atomic mass is 10.2. The van der Waals surface area contributed by atoms with Crippen molar-refractivity contribution in [3.63, 3.8) is 0 Å². The van der Waals surface area contributed by atoms with Crippen molar-refractivity contribution in [3.05, 3.63) is 11.3 Å². The summed E-state index contributed by atoms with van der Waals surface area (Å²) in [6.45, 7) is 4.52. The minimum atomic E-state index is -1.74. The second-order valence-corrected chi connectivity index (χ2v) is 7.30. The Hall–Kier alpha value is -0.930. The fourth-order valence-corrected chi connectivity index (χ4v) is 2.41. The number of esters is 1. The van der Waals surface area contributed by atoms with Gasteiger partial charge in [0, 0.05) is 14.0 Å². The third-order valence-corrected chi connectivity index (χ3v) is 3.75. The second kappa shape index (κ2) is 8.50. The minimum Gasteiger partial charge on any atom is -0.464 e. The number of amides is 2. The summed E-state index contributed by atoms with van der Waals surface area (Å²) in [5.41, 5.74) is -1.21. The standard InChI is InChI=1S/C12H18Br2N2O5/c1-6(2)8(9(18)20-4)15-11(19)12(21-5,10(13)14)16-7(3)17/h10H,1-5H3,(H,15,19)(H,16,17). The number of alkyl halides is 2. The lowest BCUT2D eigenvalue weighted by Gasteiger charge is -2.33. The summed E-state index contributed by atoms with van der Waals surface area (Å²) in [6, 6.07) is 0. The molecule has 0 aliphatic rings. The summed E-state index contributed by atoms with van der Waals surface area (Å²) in [6.07, 6.45) is 0. The topological polar surface area (TPSA) is 93.7 Å². The third-order valence-electron chi connectivity index (χ3n) is 2.46. The maximum Gasteiger partial charge on any atom is 0.354 e. The summed E-state index contributed by atoms with van der Waals surface area (Å²) < 4.78 is 9.02. The molecule has 0 aliphatic carbocycles. The number of halogens is 2. The van der Waals surface area contributed by atoms with E-state index in [0.29, 0.717) is 5.57 Å². The maximum atomic E-state index is 12.5. The predicted molar refractivity (Wildman–Crippen MR) is 83.7 cm³/mol. The molecule has 120 valence electrons. The smallest absolute Gasteiger partial charge is 0.354 e. The van der Waals surface area contributed by atoms with Gasteiger partial charge < -0.3 is 20.1 Å². The van der Waals surface area contributed by atoms with E-state index in [4.69, 9.17) is 4.74 Å². The minimum absolute atomic E-state index is 0.0186. The number of methoxy groups -OCH3 is 2. The molecule has 0 fully saturated rings. The third kappa shape index (κ3) is 5.08. The first-order valence-electron chi connectivity index (χ1n) is 5.81. The molecule has 2 N–H and O–H groups in total. The van der Waals surface area contributed by atoms with Gasteiger partial charge in [0.15, 0.2) is 0 Å². The van der Waals surface area contributed by atoms with Crippen LogP contribution in [-0.4, -0.2) is 41.5 Å². The van der Waals surface area contributed by atoms with E-state index in [0.717, 1.165) is 0 Å². The van der Waals surface area contributed by atoms with E-state index < -0.39 is 27.2 Å². The van der Waals surface area contributed by atoms with Crippen LogP contribution < -0.4 is 10.6 Å². The molecule has 0 aromatic rings. The van der Waals surface area contributed by atoms with E-state index in [1.54, 1.807) is 13.8 Å². The SMILES string of the molecule is COC(=O)C(NC(=O)C(NC(C)=O)(OC)C(Br)Br)=C(C)C. The van der Waals surface area contributed by atoms with Crippen molar-refractivity contribution in [3.8, 4) is 0 Å². The number of carbonyl (C=O) groups excluding carboxylic acids is 3. The van der Waals surface area contributed by atoms with Gasteiger partial charge in [-0.3, -0.25) is 9.59 Å². The number of ether oxygens (including phenoxy) is 2. The summed E-state index contributed by atoms with van der Waals surface area (Å²) in [5.74, 6) is -1.91. The zero-order chi connectivity index (χ0) is 16.8. The molecule has 0 aliphatic heterocycles. The highest BCUT2D eigenvalue weighted by molar-refractivity contribution is 9.24. The number of hydrogen-bond acceptors (Lipinski definition) is 5. The summed E-state index contributed by atoms with van der Waals surface area (Å²) in [7, 11) is 2.46. The van der Waals surface area contributed by atoms with E-state index in [9.17, 15) is 14.4 Å². The fourth-order valence-electron chi connectivity index (χ4n) is 1.39. The first kappa shape index (κ1) is 20.1. The van der Waals surface area contributed by atoms with Crippen molar-refractivity contribution < 1.29 is 23.9 Å². The molecule has 0 spiro atoms. The van der Waals surface area contributed by atoms with E-state index in [1.165, 1.54) is 21.1 Å². The van der Waals surface area contributed by atoms with E-state index in [2.05, 4.69) is 47.2 Å². The van der Waals surface area contributed by atoms with Crippen LogP contribution in [0.4, 0.5) is 0 Å². The molecule has 0 saturated carbocycles. The van der Waals surface area contributed by atoms with E-state index in [1.807, 2.05) is 0 Å². The Morgan fingerprint density at radius 1 is 1.10 bits per heavy atom. The van der Waals surface area contributed by atoms with Gasteiger partial charge in [-0.15, -0.1) is 0 Å². The molecule has 9 heteroatoms. The van der Waals surface area contributed by atoms with Crippen LogP contribution in [0.2, 0.25) is 0 Å². The molecule has 0 heterocycles. The van der Waals surface area contributed by atoms with Crippen molar-refractivity contribution in [1.29, 1.82) is 0 Å². The first-order valence-corrected chi connectivity index (χ1v) is 7.64. The lowest BCUT2D eigenvalue weighted by molar-refractivity contribution is -0.151. The van der Waals surface area contributed by atoms with Crippen LogP contribution in [0.25, 0.3) is 0 Å². The van der Waals surface area contributed by atoms with Crippen LogP contribution in [0.15, 0.2) is 11.3 Å². The van der Waals surface area contributed by atoms with E-state index in [-0.39, 0.29) is 5.70 Å². The number of hydrogen-bond donors (Lipinski definition) is 2. The monoisotopic (exact) mass is 428 g/mol. The van der Waals surface area contributed by atoms with Gasteiger partial charge in [-0.2, -0.15) is 0 Å². The molecular formula is C12H18Br2N2O5. The van der Waals surface area contributed by atoms with Crippen LogP contribution in [0.1, 0.15) is 20.8 Å². The average molecular weight is 430 g/mol.